The molecule has 0 fully saturated rings. The molecule has 0 aliphatic carbocycles. The molecule has 0 aromatic heterocycles. The number of anilines is 2. The van der Waals surface area contributed by atoms with Crippen LogP contribution in [-0.2, 0) is 0 Å². The van der Waals surface area contributed by atoms with Gasteiger partial charge in [0.15, 0.2) is 0 Å². The summed E-state index contributed by atoms with van der Waals surface area (Å²) < 4.78 is 5.63. The lowest BCUT2D eigenvalue weighted by Gasteiger charge is -2.23. The second kappa shape index (κ2) is 8.69. The minimum Gasteiger partial charge on any atom is -0.493 e. The van der Waals surface area contributed by atoms with Gasteiger partial charge >= 0.3 is 0 Å². The molecule has 0 saturated heterocycles. The summed E-state index contributed by atoms with van der Waals surface area (Å²) in [5.41, 5.74) is 7.66. The Balaban J connectivity index is 2.48. The number of nitrogens with one attached hydrogen (secondary N) is 1. The summed E-state index contributed by atoms with van der Waals surface area (Å²) in [6, 6.07) is 6.43. The van der Waals surface area contributed by atoms with Crippen molar-refractivity contribution >= 4 is 11.4 Å². The number of rotatable bonds is 9. The van der Waals surface area contributed by atoms with Crippen molar-refractivity contribution in [2.45, 2.75) is 39.7 Å². The van der Waals surface area contributed by atoms with E-state index in [1.54, 1.807) is 0 Å². The Hall–Kier alpha value is -1.42. The van der Waals surface area contributed by atoms with Crippen LogP contribution in [0.4, 0.5) is 11.4 Å². The second-order valence-electron chi connectivity index (χ2n) is 5.30. The van der Waals surface area contributed by atoms with Crippen LogP contribution in [0.1, 0.15) is 33.6 Å². The van der Waals surface area contributed by atoms with Gasteiger partial charge in [-0.05, 0) is 32.9 Å². The Morgan fingerprint density at radius 2 is 2.05 bits per heavy atom. The number of hydrogen-bond acceptors (Lipinski definition) is 4. The molecule has 0 aliphatic heterocycles. The maximum Gasteiger partial charge on any atom is 0.123 e. The Morgan fingerprint density at radius 1 is 1.30 bits per heavy atom. The summed E-state index contributed by atoms with van der Waals surface area (Å²) >= 11 is 0. The number of benzene rings is 1. The molecule has 0 radical (unpaired) electrons. The monoisotopic (exact) mass is 279 g/mol. The zero-order valence-electron chi connectivity index (χ0n) is 13.3. The Morgan fingerprint density at radius 3 is 2.70 bits per heavy atom. The molecule has 1 aromatic rings. The maximum atomic E-state index is 5.90. The Bertz CT molecular complexity index is 395. The molecule has 0 saturated carbocycles. The fourth-order valence-corrected chi connectivity index (χ4v) is 1.94. The Labute approximate surface area is 123 Å². The smallest absolute Gasteiger partial charge is 0.123 e. The van der Waals surface area contributed by atoms with Gasteiger partial charge in [0, 0.05) is 42.6 Å². The van der Waals surface area contributed by atoms with Crippen LogP contribution in [0, 0.1) is 0 Å². The molecule has 0 bridgehead atoms. The molecular weight excluding hydrogens is 250 g/mol. The van der Waals surface area contributed by atoms with Crippen LogP contribution in [0.3, 0.4) is 0 Å². The number of nitrogen functional groups attached to an aromatic ring is 1. The van der Waals surface area contributed by atoms with Gasteiger partial charge in [0.05, 0.1) is 6.61 Å². The first-order chi connectivity index (χ1) is 9.56. The van der Waals surface area contributed by atoms with E-state index in [4.69, 9.17) is 10.5 Å². The minimum absolute atomic E-state index is 0.612. The molecule has 0 amide bonds. The molecule has 1 aromatic carbocycles. The van der Waals surface area contributed by atoms with Crippen LogP contribution in [0.2, 0.25) is 0 Å². The van der Waals surface area contributed by atoms with Gasteiger partial charge in [-0.25, -0.2) is 0 Å². The second-order valence-corrected chi connectivity index (χ2v) is 5.30. The van der Waals surface area contributed by atoms with Gasteiger partial charge < -0.3 is 20.7 Å². The zero-order chi connectivity index (χ0) is 15.0. The van der Waals surface area contributed by atoms with Gasteiger partial charge in [-0.15, -0.1) is 0 Å². The lowest BCUT2D eigenvalue weighted by molar-refractivity contribution is 0.261. The van der Waals surface area contributed by atoms with Crippen molar-refractivity contribution in [3.63, 3.8) is 0 Å². The summed E-state index contributed by atoms with van der Waals surface area (Å²) in [5.74, 6) is 0.838. The average Bonchev–Trinajstić information content (AvgIpc) is 2.43. The number of nitrogens with two attached hydrogens (primary N) is 1. The predicted molar refractivity (Wildman–Crippen MR) is 87.5 cm³/mol. The SMILES string of the molecule is CCCOc1cc(N)cc(NCCN(C)C(C)CC)c1. The van der Waals surface area contributed by atoms with E-state index in [0.717, 1.165) is 43.2 Å². The number of likely N-dealkylation sites (N-methyl/N-ethyl adjacent to an activating group) is 1. The topological polar surface area (TPSA) is 50.5 Å². The average molecular weight is 279 g/mol. The highest BCUT2D eigenvalue weighted by Gasteiger charge is 2.06. The third-order valence-electron chi connectivity index (χ3n) is 3.54. The molecule has 4 nitrogen and oxygen atoms in total. The van der Waals surface area contributed by atoms with Crippen LogP contribution < -0.4 is 15.8 Å². The summed E-state index contributed by atoms with van der Waals surface area (Å²) in [6.07, 6.45) is 2.17. The van der Waals surface area contributed by atoms with Crippen LogP contribution in [-0.4, -0.2) is 37.7 Å². The first-order valence-electron chi connectivity index (χ1n) is 7.54. The largest absolute Gasteiger partial charge is 0.493 e. The van der Waals surface area contributed by atoms with Crippen molar-refractivity contribution in [2.24, 2.45) is 0 Å². The van der Waals surface area contributed by atoms with Crippen molar-refractivity contribution in [3.8, 4) is 5.75 Å². The van der Waals surface area contributed by atoms with Gasteiger partial charge in [0.2, 0.25) is 0 Å². The van der Waals surface area contributed by atoms with E-state index in [9.17, 15) is 0 Å². The molecule has 0 spiro atoms. The van der Waals surface area contributed by atoms with Crippen molar-refractivity contribution in [2.75, 3.05) is 37.8 Å². The first kappa shape index (κ1) is 16.6. The normalized spacial score (nSPS) is 12.4. The Kier molecular flexibility index (Phi) is 7.23. The van der Waals surface area contributed by atoms with Gasteiger partial charge in [-0.2, -0.15) is 0 Å². The van der Waals surface area contributed by atoms with Gasteiger partial charge in [-0.1, -0.05) is 13.8 Å². The third kappa shape index (κ3) is 5.70. The summed E-state index contributed by atoms with van der Waals surface area (Å²) in [5, 5.41) is 3.41. The van der Waals surface area contributed by atoms with E-state index in [-0.39, 0.29) is 0 Å². The highest BCUT2D eigenvalue weighted by atomic mass is 16.5. The summed E-state index contributed by atoms with van der Waals surface area (Å²) in [7, 11) is 2.16. The fraction of sp³-hybridized carbons (Fsp3) is 0.625. The van der Waals surface area contributed by atoms with Gasteiger partial charge in [0.25, 0.3) is 0 Å². The van der Waals surface area contributed by atoms with Crippen molar-refractivity contribution in [3.05, 3.63) is 18.2 Å². The summed E-state index contributed by atoms with van der Waals surface area (Å²) in [4.78, 5) is 2.35. The number of ether oxygens (including phenoxy) is 1. The molecular formula is C16H29N3O. The molecule has 0 heterocycles. The highest BCUT2D eigenvalue weighted by Crippen LogP contribution is 2.22. The molecule has 1 atom stereocenters. The van der Waals surface area contributed by atoms with E-state index >= 15 is 0 Å². The maximum absolute atomic E-state index is 5.90. The van der Waals surface area contributed by atoms with Crippen LogP contribution in [0.5, 0.6) is 5.75 Å². The van der Waals surface area contributed by atoms with Crippen molar-refractivity contribution in [1.82, 2.24) is 4.90 Å². The molecule has 1 unspecified atom stereocenters. The minimum atomic E-state index is 0.612. The lowest BCUT2D eigenvalue weighted by Crippen LogP contribution is -2.32. The molecule has 4 heteroatoms. The quantitative estimate of drug-likeness (QED) is 0.682. The third-order valence-corrected chi connectivity index (χ3v) is 3.54. The fourth-order valence-electron chi connectivity index (χ4n) is 1.94. The van der Waals surface area contributed by atoms with Crippen LogP contribution in [0.15, 0.2) is 18.2 Å². The van der Waals surface area contributed by atoms with E-state index in [1.165, 1.54) is 6.42 Å². The van der Waals surface area contributed by atoms with Crippen molar-refractivity contribution in [1.29, 1.82) is 0 Å². The molecule has 20 heavy (non-hydrogen) atoms. The molecule has 1 rings (SSSR count). The van der Waals surface area contributed by atoms with E-state index in [2.05, 4.69) is 38.0 Å². The number of hydrogen-bond donors (Lipinski definition) is 2. The van der Waals surface area contributed by atoms with Gasteiger partial charge in [0.1, 0.15) is 5.75 Å². The lowest BCUT2D eigenvalue weighted by atomic mass is 10.2. The summed E-state index contributed by atoms with van der Waals surface area (Å²) in [6.45, 7) is 9.18. The van der Waals surface area contributed by atoms with E-state index in [1.807, 2.05) is 18.2 Å². The number of nitrogens with zero attached hydrogens (tertiary/aromatic N) is 1. The molecule has 114 valence electrons. The van der Waals surface area contributed by atoms with Crippen LogP contribution >= 0.6 is 0 Å². The van der Waals surface area contributed by atoms with Crippen molar-refractivity contribution < 1.29 is 4.74 Å². The predicted octanol–water partition coefficient (Wildman–Crippen LogP) is 3.20. The van der Waals surface area contributed by atoms with Gasteiger partial charge in [-0.3, -0.25) is 0 Å². The zero-order valence-corrected chi connectivity index (χ0v) is 13.3. The van der Waals surface area contributed by atoms with E-state index in [0.29, 0.717) is 6.04 Å². The first-order valence-corrected chi connectivity index (χ1v) is 7.54. The standard InChI is InChI=1S/C16H29N3O/c1-5-9-20-16-11-14(17)10-15(12-16)18-7-8-19(4)13(3)6-2/h10-13,18H,5-9,17H2,1-4H3. The molecule has 3 N–H and O–H groups in total. The van der Waals surface area contributed by atoms with Crippen LogP contribution in [0.25, 0.3) is 0 Å². The van der Waals surface area contributed by atoms with E-state index < -0.39 is 0 Å². The molecule has 0 aliphatic rings. The highest BCUT2D eigenvalue weighted by molar-refractivity contribution is 5.59.